The van der Waals surface area contributed by atoms with E-state index >= 15 is 0 Å². The predicted molar refractivity (Wildman–Crippen MR) is 92.0 cm³/mol. The quantitative estimate of drug-likeness (QED) is 0.665. The Labute approximate surface area is 133 Å². The summed E-state index contributed by atoms with van der Waals surface area (Å²) >= 11 is 8.05. The fourth-order valence-corrected chi connectivity index (χ4v) is 3.91. The molecule has 0 radical (unpaired) electrons. The monoisotopic (exact) mass is 316 g/mol. The molecule has 1 aromatic heterocycles. The highest BCUT2D eigenvalue weighted by molar-refractivity contribution is 7.99. The molecule has 2 nitrogen and oxygen atoms in total. The molecule has 0 saturated heterocycles. The highest BCUT2D eigenvalue weighted by Crippen LogP contribution is 2.40. The molecule has 0 amide bonds. The Morgan fingerprint density at radius 1 is 1.10 bits per heavy atom. The van der Waals surface area contributed by atoms with Gasteiger partial charge in [-0.25, -0.2) is 0 Å². The third kappa shape index (κ3) is 3.10. The number of H-pyrrole nitrogens is 1. The van der Waals surface area contributed by atoms with Crippen LogP contribution in [0.1, 0.15) is 17.7 Å². The van der Waals surface area contributed by atoms with E-state index in [1.54, 1.807) is 11.8 Å². The number of fused-ring (bicyclic) bond motifs is 1. The number of benzene rings is 2. The summed E-state index contributed by atoms with van der Waals surface area (Å²) in [5, 5.41) is 3.20. The summed E-state index contributed by atoms with van der Waals surface area (Å²) in [5.74, 6) is 0. The second kappa shape index (κ2) is 6.14. The van der Waals surface area contributed by atoms with E-state index in [2.05, 4.69) is 23.2 Å². The van der Waals surface area contributed by atoms with Crippen LogP contribution in [0.4, 0.5) is 0 Å². The third-order valence-corrected chi connectivity index (χ3v) is 5.20. The first-order chi connectivity index (χ1) is 10.1. The Kier molecular flexibility index (Phi) is 4.24. The van der Waals surface area contributed by atoms with Crippen LogP contribution in [0.2, 0.25) is 5.02 Å². The second-order valence-corrected chi connectivity index (χ2v) is 6.73. The maximum atomic E-state index is 6.33. The Bertz CT molecular complexity index is 718. The lowest BCUT2D eigenvalue weighted by Crippen LogP contribution is -2.22. The van der Waals surface area contributed by atoms with Gasteiger partial charge in [-0.05, 0) is 30.7 Å². The number of rotatable bonds is 4. The predicted octanol–water partition coefficient (Wildman–Crippen LogP) is 5.00. The first kappa shape index (κ1) is 14.5. The highest BCUT2D eigenvalue weighted by atomic mass is 35.5. The Hall–Kier alpha value is -1.42. The van der Waals surface area contributed by atoms with Crippen LogP contribution in [0.5, 0.6) is 0 Å². The molecule has 0 spiro atoms. The van der Waals surface area contributed by atoms with E-state index in [9.17, 15) is 0 Å². The molecular formula is C17H17ClN2S. The number of hydrogen-bond donors (Lipinski definition) is 2. The number of thioether (sulfide) groups is 1. The average Bonchev–Trinajstić information content (AvgIpc) is 2.88. The normalized spacial score (nSPS) is 14.2. The number of halogens is 1. The van der Waals surface area contributed by atoms with Crippen molar-refractivity contribution in [2.45, 2.75) is 23.2 Å². The highest BCUT2D eigenvalue weighted by Gasteiger charge is 2.21. The smallest absolute Gasteiger partial charge is 0.0739 e. The van der Waals surface area contributed by atoms with E-state index in [1.165, 1.54) is 5.39 Å². The van der Waals surface area contributed by atoms with Crippen LogP contribution in [0.25, 0.3) is 10.9 Å². The number of para-hydroxylation sites is 1. The fourth-order valence-electron chi connectivity index (χ4n) is 2.41. The first-order valence-corrected chi connectivity index (χ1v) is 8.15. The second-order valence-electron chi connectivity index (χ2n) is 5.14. The zero-order valence-corrected chi connectivity index (χ0v) is 13.3. The molecule has 0 aliphatic carbocycles. The molecule has 3 N–H and O–H groups in total. The summed E-state index contributed by atoms with van der Waals surface area (Å²) in [4.78, 5) is 3.43. The van der Waals surface area contributed by atoms with Gasteiger partial charge < -0.3 is 10.7 Å². The van der Waals surface area contributed by atoms with E-state index in [4.69, 9.17) is 17.3 Å². The molecule has 2 atom stereocenters. The van der Waals surface area contributed by atoms with Crippen molar-refractivity contribution < 1.29 is 0 Å². The molecule has 2 unspecified atom stereocenters. The summed E-state index contributed by atoms with van der Waals surface area (Å²) in [6, 6.07) is 18.3. The van der Waals surface area contributed by atoms with Crippen LogP contribution < -0.4 is 5.73 Å². The molecule has 3 aromatic rings. The van der Waals surface area contributed by atoms with Gasteiger partial charge in [0.15, 0.2) is 0 Å². The van der Waals surface area contributed by atoms with Crippen molar-refractivity contribution >= 4 is 34.3 Å². The Morgan fingerprint density at radius 3 is 2.52 bits per heavy atom. The van der Waals surface area contributed by atoms with Gasteiger partial charge >= 0.3 is 0 Å². The summed E-state index contributed by atoms with van der Waals surface area (Å²) in [7, 11) is 0. The van der Waals surface area contributed by atoms with Gasteiger partial charge in [-0.1, -0.05) is 59.8 Å². The zero-order chi connectivity index (χ0) is 14.8. The maximum Gasteiger partial charge on any atom is 0.0739 e. The van der Waals surface area contributed by atoms with E-state index < -0.39 is 0 Å². The SMILES string of the molecule is CC(N)C(Sc1cc2ccccc2[nH]1)c1ccccc1Cl. The van der Waals surface area contributed by atoms with Crippen molar-refractivity contribution in [2.75, 3.05) is 0 Å². The number of nitrogens with two attached hydrogens (primary N) is 1. The van der Waals surface area contributed by atoms with E-state index in [1.807, 2.05) is 43.3 Å². The van der Waals surface area contributed by atoms with Crippen LogP contribution >= 0.6 is 23.4 Å². The van der Waals surface area contributed by atoms with E-state index in [0.717, 1.165) is 21.1 Å². The summed E-state index contributed by atoms with van der Waals surface area (Å²) in [6.45, 7) is 2.02. The van der Waals surface area contributed by atoms with Gasteiger partial charge in [0.1, 0.15) is 0 Å². The molecular weight excluding hydrogens is 300 g/mol. The number of nitrogens with one attached hydrogen (secondary N) is 1. The first-order valence-electron chi connectivity index (χ1n) is 6.89. The van der Waals surface area contributed by atoms with Crippen molar-refractivity contribution in [2.24, 2.45) is 5.73 Å². The van der Waals surface area contributed by atoms with Crippen molar-refractivity contribution in [3.8, 4) is 0 Å². The molecule has 108 valence electrons. The maximum absolute atomic E-state index is 6.33. The summed E-state index contributed by atoms with van der Waals surface area (Å²) in [5.41, 5.74) is 8.41. The van der Waals surface area contributed by atoms with Crippen LogP contribution in [0.3, 0.4) is 0 Å². The van der Waals surface area contributed by atoms with Crippen molar-refractivity contribution in [3.05, 3.63) is 65.2 Å². The van der Waals surface area contributed by atoms with Crippen LogP contribution in [0, 0.1) is 0 Å². The Balaban J connectivity index is 1.94. The molecule has 0 aliphatic rings. The van der Waals surface area contributed by atoms with Crippen molar-refractivity contribution in [3.63, 3.8) is 0 Å². The minimum absolute atomic E-state index is 0.00122. The zero-order valence-electron chi connectivity index (χ0n) is 11.7. The van der Waals surface area contributed by atoms with E-state index in [0.29, 0.717) is 0 Å². The van der Waals surface area contributed by atoms with Gasteiger partial charge in [-0.15, -0.1) is 0 Å². The lowest BCUT2D eigenvalue weighted by molar-refractivity contribution is 0.720. The largest absolute Gasteiger partial charge is 0.350 e. The number of aromatic amines is 1. The van der Waals surface area contributed by atoms with Gasteiger partial charge in [0.2, 0.25) is 0 Å². The van der Waals surface area contributed by atoms with Crippen molar-refractivity contribution in [1.82, 2.24) is 4.98 Å². The molecule has 0 saturated carbocycles. The molecule has 0 fully saturated rings. The van der Waals surface area contributed by atoms with Crippen molar-refractivity contribution in [1.29, 1.82) is 0 Å². The van der Waals surface area contributed by atoms with Gasteiger partial charge in [0, 0.05) is 22.0 Å². The molecule has 0 aliphatic heterocycles. The van der Waals surface area contributed by atoms with Gasteiger partial charge in [-0.2, -0.15) is 0 Å². The molecule has 21 heavy (non-hydrogen) atoms. The molecule has 2 aromatic carbocycles. The molecule has 1 heterocycles. The van der Waals surface area contributed by atoms with Gasteiger partial charge in [-0.3, -0.25) is 0 Å². The molecule has 3 rings (SSSR count). The third-order valence-electron chi connectivity index (χ3n) is 3.45. The standard InChI is InChI=1S/C17H17ClN2S/c1-11(19)17(13-7-3-4-8-14(13)18)21-16-10-12-6-2-5-9-15(12)20-16/h2-11,17,20H,19H2,1H3. The average molecular weight is 317 g/mol. The fraction of sp³-hybridized carbons (Fsp3) is 0.176. The van der Waals surface area contributed by atoms with Crippen LogP contribution in [-0.2, 0) is 0 Å². The molecule has 4 heteroatoms. The number of hydrogen-bond acceptors (Lipinski definition) is 2. The number of aromatic nitrogens is 1. The topological polar surface area (TPSA) is 41.8 Å². The van der Waals surface area contributed by atoms with Gasteiger partial charge in [0.25, 0.3) is 0 Å². The lowest BCUT2D eigenvalue weighted by atomic mass is 10.1. The van der Waals surface area contributed by atoms with Crippen LogP contribution in [-0.4, -0.2) is 11.0 Å². The minimum Gasteiger partial charge on any atom is -0.350 e. The van der Waals surface area contributed by atoms with Crippen LogP contribution in [0.15, 0.2) is 59.6 Å². The summed E-state index contributed by atoms with van der Waals surface area (Å²) in [6.07, 6.45) is 0. The Morgan fingerprint density at radius 2 is 1.81 bits per heavy atom. The lowest BCUT2D eigenvalue weighted by Gasteiger charge is -2.21. The molecule has 0 bridgehead atoms. The van der Waals surface area contributed by atoms with E-state index in [-0.39, 0.29) is 11.3 Å². The minimum atomic E-state index is 0.00122. The van der Waals surface area contributed by atoms with Gasteiger partial charge in [0.05, 0.1) is 10.3 Å². The summed E-state index contributed by atoms with van der Waals surface area (Å²) < 4.78 is 0.